The van der Waals surface area contributed by atoms with Gasteiger partial charge < -0.3 is 10.1 Å². The van der Waals surface area contributed by atoms with Crippen molar-refractivity contribution in [3.8, 4) is 5.75 Å². The SMILES string of the molecule is COc1ccc(N2C(=O)CC([NH2+]C3CCCC3)C2=O)cc1. The molecule has 1 aliphatic heterocycles. The molecule has 5 nitrogen and oxygen atoms in total. The Morgan fingerprint density at radius 1 is 1.14 bits per heavy atom. The van der Waals surface area contributed by atoms with E-state index < -0.39 is 0 Å². The van der Waals surface area contributed by atoms with Gasteiger partial charge in [0, 0.05) is 0 Å². The lowest BCUT2D eigenvalue weighted by Gasteiger charge is -2.16. The highest BCUT2D eigenvalue weighted by atomic mass is 16.5. The predicted octanol–water partition coefficient (Wildman–Crippen LogP) is 0.833. The number of hydrogen-bond acceptors (Lipinski definition) is 3. The number of hydrogen-bond donors (Lipinski definition) is 1. The van der Waals surface area contributed by atoms with E-state index in [0.29, 0.717) is 23.9 Å². The van der Waals surface area contributed by atoms with Crippen molar-refractivity contribution in [3.63, 3.8) is 0 Å². The van der Waals surface area contributed by atoms with Crippen LogP contribution in [0.4, 0.5) is 5.69 Å². The molecule has 1 saturated carbocycles. The number of rotatable bonds is 4. The summed E-state index contributed by atoms with van der Waals surface area (Å²) in [6.45, 7) is 0. The van der Waals surface area contributed by atoms with Gasteiger partial charge in [0.05, 0.1) is 25.3 Å². The van der Waals surface area contributed by atoms with Crippen LogP contribution in [0.1, 0.15) is 32.1 Å². The molecular formula is C16H21N2O3+. The van der Waals surface area contributed by atoms with Crippen molar-refractivity contribution in [2.24, 2.45) is 0 Å². The zero-order valence-corrected chi connectivity index (χ0v) is 12.2. The van der Waals surface area contributed by atoms with Crippen LogP contribution in [-0.4, -0.2) is 31.0 Å². The fourth-order valence-corrected chi connectivity index (χ4v) is 3.29. The first-order valence-corrected chi connectivity index (χ1v) is 7.55. The summed E-state index contributed by atoms with van der Waals surface area (Å²) in [6, 6.07) is 7.30. The standard InChI is InChI=1S/C16H20N2O3/c1-21-13-8-6-12(7-9-13)18-15(19)10-14(16(18)20)17-11-4-2-3-5-11/h6-9,11,14,17H,2-5,10H2,1H3/p+1. The van der Waals surface area contributed by atoms with Crippen molar-refractivity contribution in [3.05, 3.63) is 24.3 Å². The molecule has 1 heterocycles. The van der Waals surface area contributed by atoms with Crippen LogP contribution in [0.5, 0.6) is 5.75 Å². The molecule has 0 radical (unpaired) electrons. The summed E-state index contributed by atoms with van der Waals surface area (Å²) in [5.41, 5.74) is 0.633. The Bertz CT molecular complexity index is 535. The molecule has 1 unspecified atom stereocenters. The Labute approximate surface area is 124 Å². The molecule has 1 aromatic rings. The normalized spacial score (nSPS) is 23.1. The molecule has 112 valence electrons. The molecule has 2 N–H and O–H groups in total. The number of benzene rings is 1. The van der Waals surface area contributed by atoms with Gasteiger partial charge in [0.2, 0.25) is 5.91 Å². The van der Waals surface area contributed by atoms with Gasteiger partial charge in [-0.2, -0.15) is 0 Å². The molecule has 0 spiro atoms. The highest BCUT2D eigenvalue weighted by Gasteiger charge is 2.43. The van der Waals surface area contributed by atoms with Crippen LogP contribution < -0.4 is 15.0 Å². The lowest BCUT2D eigenvalue weighted by molar-refractivity contribution is -0.706. The van der Waals surface area contributed by atoms with E-state index >= 15 is 0 Å². The number of ether oxygens (including phenoxy) is 1. The lowest BCUT2D eigenvalue weighted by Crippen LogP contribution is -2.95. The third-order valence-electron chi connectivity index (χ3n) is 4.42. The molecule has 2 fully saturated rings. The molecule has 1 aliphatic carbocycles. The second-order valence-electron chi connectivity index (χ2n) is 5.81. The molecule has 1 saturated heterocycles. The Balaban J connectivity index is 1.73. The van der Waals surface area contributed by atoms with Crippen LogP contribution in [0.25, 0.3) is 0 Å². The second kappa shape index (κ2) is 5.85. The average Bonchev–Trinajstić information content (AvgIpc) is 3.09. The number of quaternary nitrogens is 1. The summed E-state index contributed by atoms with van der Waals surface area (Å²) in [7, 11) is 1.59. The predicted molar refractivity (Wildman–Crippen MR) is 78.1 cm³/mol. The van der Waals surface area contributed by atoms with Gasteiger partial charge in [-0.15, -0.1) is 0 Å². The highest BCUT2D eigenvalue weighted by Crippen LogP contribution is 2.24. The number of nitrogens with two attached hydrogens (primary N) is 1. The third kappa shape index (κ3) is 2.78. The molecule has 0 bridgehead atoms. The maximum atomic E-state index is 12.5. The molecular weight excluding hydrogens is 268 g/mol. The number of anilines is 1. The van der Waals surface area contributed by atoms with Crippen LogP contribution >= 0.6 is 0 Å². The molecule has 2 aliphatic rings. The number of carbonyl (C=O) groups is 2. The molecule has 5 heteroatoms. The van der Waals surface area contributed by atoms with Gasteiger partial charge >= 0.3 is 0 Å². The molecule has 2 amide bonds. The van der Waals surface area contributed by atoms with E-state index in [2.05, 4.69) is 5.32 Å². The van der Waals surface area contributed by atoms with Crippen molar-refractivity contribution >= 4 is 17.5 Å². The summed E-state index contributed by atoms with van der Waals surface area (Å²) in [4.78, 5) is 26.0. The van der Waals surface area contributed by atoms with E-state index in [1.807, 2.05) is 0 Å². The molecule has 0 aromatic heterocycles. The monoisotopic (exact) mass is 289 g/mol. The summed E-state index contributed by atoms with van der Waals surface area (Å²) >= 11 is 0. The van der Waals surface area contributed by atoms with Gasteiger partial charge in [0.1, 0.15) is 5.75 Å². The van der Waals surface area contributed by atoms with E-state index in [1.165, 1.54) is 17.7 Å². The van der Waals surface area contributed by atoms with Gasteiger partial charge in [0.25, 0.3) is 5.91 Å². The minimum absolute atomic E-state index is 0.0860. The Morgan fingerprint density at radius 2 is 1.81 bits per heavy atom. The van der Waals surface area contributed by atoms with Gasteiger partial charge in [-0.3, -0.25) is 9.59 Å². The number of methoxy groups -OCH3 is 1. The van der Waals surface area contributed by atoms with Crippen LogP contribution in [0.2, 0.25) is 0 Å². The second-order valence-corrected chi connectivity index (χ2v) is 5.81. The topological polar surface area (TPSA) is 63.2 Å². The van der Waals surface area contributed by atoms with Crippen molar-refractivity contribution in [1.82, 2.24) is 0 Å². The average molecular weight is 289 g/mol. The number of imide groups is 1. The van der Waals surface area contributed by atoms with Gasteiger partial charge in [-0.05, 0) is 49.9 Å². The molecule has 1 atom stereocenters. The summed E-state index contributed by atoms with van der Waals surface area (Å²) in [5, 5.41) is 2.11. The van der Waals surface area contributed by atoms with Gasteiger partial charge in [-0.25, -0.2) is 4.90 Å². The van der Waals surface area contributed by atoms with Crippen molar-refractivity contribution in [2.75, 3.05) is 12.0 Å². The Kier molecular flexibility index (Phi) is 3.92. The highest BCUT2D eigenvalue weighted by molar-refractivity contribution is 6.21. The number of amides is 2. The minimum atomic E-state index is -0.247. The number of carbonyl (C=O) groups excluding carboxylic acids is 2. The van der Waals surface area contributed by atoms with Gasteiger partial charge in [-0.1, -0.05) is 0 Å². The quantitative estimate of drug-likeness (QED) is 0.835. The first-order chi connectivity index (χ1) is 10.2. The largest absolute Gasteiger partial charge is 0.497 e. The molecule has 21 heavy (non-hydrogen) atoms. The van der Waals surface area contributed by atoms with E-state index in [0.717, 1.165) is 12.8 Å². The maximum absolute atomic E-state index is 12.5. The van der Waals surface area contributed by atoms with Gasteiger partial charge in [0.15, 0.2) is 6.04 Å². The van der Waals surface area contributed by atoms with Crippen LogP contribution in [0, 0.1) is 0 Å². The van der Waals surface area contributed by atoms with Crippen molar-refractivity contribution in [2.45, 2.75) is 44.2 Å². The Morgan fingerprint density at radius 3 is 2.43 bits per heavy atom. The zero-order chi connectivity index (χ0) is 14.8. The fourth-order valence-electron chi connectivity index (χ4n) is 3.29. The van der Waals surface area contributed by atoms with Crippen LogP contribution in [-0.2, 0) is 9.59 Å². The molecule has 3 rings (SSSR count). The van der Waals surface area contributed by atoms with E-state index in [1.54, 1.807) is 31.4 Å². The van der Waals surface area contributed by atoms with Crippen LogP contribution in [0.15, 0.2) is 24.3 Å². The summed E-state index contributed by atoms with van der Waals surface area (Å²) in [6.07, 6.45) is 5.08. The number of nitrogens with zero attached hydrogens (tertiary/aromatic N) is 1. The van der Waals surface area contributed by atoms with E-state index in [4.69, 9.17) is 4.74 Å². The van der Waals surface area contributed by atoms with Crippen molar-refractivity contribution in [1.29, 1.82) is 0 Å². The van der Waals surface area contributed by atoms with Crippen molar-refractivity contribution < 1.29 is 19.6 Å². The summed E-state index contributed by atoms with van der Waals surface area (Å²) < 4.78 is 5.10. The third-order valence-corrected chi connectivity index (χ3v) is 4.42. The van der Waals surface area contributed by atoms with E-state index in [9.17, 15) is 9.59 Å². The summed E-state index contributed by atoms with van der Waals surface area (Å²) in [5.74, 6) is 0.522. The smallest absolute Gasteiger partial charge is 0.292 e. The maximum Gasteiger partial charge on any atom is 0.292 e. The molecule has 1 aromatic carbocycles. The Hall–Kier alpha value is -1.88. The fraction of sp³-hybridized carbons (Fsp3) is 0.500. The van der Waals surface area contributed by atoms with E-state index in [-0.39, 0.29) is 17.9 Å². The lowest BCUT2D eigenvalue weighted by atomic mass is 10.2. The zero-order valence-electron chi connectivity index (χ0n) is 12.2. The first-order valence-electron chi connectivity index (χ1n) is 7.55. The van der Waals surface area contributed by atoms with Crippen LogP contribution in [0.3, 0.4) is 0 Å². The minimum Gasteiger partial charge on any atom is -0.497 e. The first kappa shape index (κ1) is 14.1.